The summed E-state index contributed by atoms with van der Waals surface area (Å²) in [5.41, 5.74) is 3.96. The van der Waals surface area contributed by atoms with E-state index in [2.05, 4.69) is 15.8 Å². The van der Waals surface area contributed by atoms with Crippen molar-refractivity contribution >= 4 is 40.3 Å². The number of esters is 1. The average molecular weight is 445 g/mol. The molecule has 0 fully saturated rings. The molecule has 9 nitrogen and oxygen atoms in total. The molecule has 1 aliphatic carbocycles. The molecule has 0 saturated heterocycles. The Balaban J connectivity index is 1.69. The predicted octanol–water partition coefficient (Wildman–Crippen LogP) is 2.52. The summed E-state index contributed by atoms with van der Waals surface area (Å²) in [6.07, 6.45) is 3.87. The van der Waals surface area contributed by atoms with Gasteiger partial charge in [0.05, 0.1) is 32.6 Å². The van der Waals surface area contributed by atoms with Crippen molar-refractivity contribution < 1.29 is 28.6 Å². The Hall–Kier alpha value is -3.40. The summed E-state index contributed by atoms with van der Waals surface area (Å²) in [6, 6.07) is 5.09. The highest BCUT2D eigenvalue weighted by Gasteiger charge is 2.29. The zero-order chi connectivity index (χ0) is 22.4. The minimum atomic E-state index is -0.971. The van der Waals surface area contributed by atoms with Crippen LogP contribution in [0.25, 0.3) is 0 Å². The van der Waals surface area contributed by atoms with Gasteiger partial charge in [0, 0.05) is 10.4 Å². The standard InChI is InChI=1S/C21H23N3O6S/c1-4-30-21(27)17-14-6-5-7-16(14)31-20(17)23-18(25)19(26)24-22-11-12-10-13(28-2)8-9-15(12)29-3/h8-11H,4-7H2,1-3H3,(H,23,25)(H,24,26)/b22-11-. The van der Waals surface area contributed by atoms with Gasteiger partial charge in [-0.05, 0) is 49.9 Å². The fraction of sp³-hybridized carbons (Fsp3) is 0.333. The van der Waals surface area contributed by atoms with Crippen LogP contribution in [0.5, 0.6) is 11.5 Å². The molecule has 10 heteroatoms. The topological polar surface area (TPSA) is 115 Å². The number of hydrazone groups is 1. The molecule has 31 heavy (non-hydrogen) atoms. The first-order chi connectivity index (χ1) is 15.0. The number of rotatable bonds is 7. The van der Waals surface area contributed by atoms with Crippen molar-refractivity contribution in [1.82, 2.24) is 5.43 Å². The number of ether oxygens (including phenoxy) is 3. The van der Waals surface area contributed by atoms with Gasteiger partial charge >= 0.3 is 17.8 Å². The number of hydrogen-bond acceptors (Lipinski definition) is 8. The van der Waals surface area contributed by atoms with Crippen LogP contribution in [0, 0.1) is 0 Å². The fourth-order valence-corrected chi connectivity index (χ4v) is 4.50. The number of carbonyl (C=O) groups excluding carboxylic acids is 3. The molecule has 1 aromatic heterocycles. The number of thiophene rings is 1. The Bertz CT molecular complexity index is 1030. The molecule has 1 aliphatic rings. The van der Waals surface area contributed by atoms with Crippen LogP contribution in [0.4, 0.5) is 5.00 Å². The van der Waals surface area contributed by atoms with Crippen molar-refractivity contribution in [1.29, 1.82) is 0 Å². The Morgan fingerprint density at radius 1 is 1.16 bits per heavy atom. The second kappa shape index (κ2) is 10.1. The minimum absolute atomic E-state index is 0.222. The molecular formula is C21H23N3O6S. The number of methoxy groups -OCH3 is 2. The zero-order valence-electron chi connectivity index (χ0n) is 17.4. The van der Waals surface area contributed by atoms with Gasteiger partial charge in [-0.25, -0.2) is 10.2 Å². The number of anilines is 1. The quantitative estimate of drug-likeness (QED) is 0.293. The van der Waals surface area contributed by atoms with E-state index in [-0.39, 0.29) is 6.61 Å². The van der Waals surface area contributed by atoms with Gasteiger partial charge in [0.2, 0.25) is 0 Å². The van der Waals surface area contributed by atoms with Gasteiger partial charge in [-0.2, -0.15) is 5.10 Å². The van der Waals surface area contributed by atoms with E-state index in [4.69, 9.17) is 14.2 Å². The first-order valence-corrected chi connectivity index (χ1v) is 10.5. The molecule has 164 valence electrons. The number of amides is 2. The molecular weight excluding hydrogens is 422 g/mol. The lowest BCUT2D eigenvalue weighted by Gasteiger charge is -2.08. The third-order valence-electron chi connectivity index (χ3n) is 4.64. The SMILES string of the molecule is CCOC(=O)c1c(NC(=O)C(=O)N/N=C\c2cc(OC)ccc2OC)sc2c1CCC2. The monoisotopic (exact) mass is 445 g/mol. The molecule has 2 amide bonds. The first kappa shape index (κ1) is 22.3. The van der Waals surface area contributed by atoms with Crippen molar-refractivity contribution in [2.45, 2.75) is 26.2 Å². The van der Waals surface area contributed by atoms with Crippen molar-refractivity contribution in [2.24, 2.45) is 5.10 Å². The van der Waals surface area contributed by atoms with E-state index in [0.29, 0.717) is 27.6 Å². The van der Waals surface area contributed by atoms with E-state index in [1.54, 1.807) is 25.1 Å². The van der Waals surface area contributed by atoms with Gasteiger partial charge < -0.3 is 19.5 Å². The molecule has 1 aromatic carbocycles. The molecule has 0 bridgehead atoms. The molecule has 0 aliphatic heterocycles. The highest BCUT2D eigenvalue weighted by Crippen LogP contribution is 2.39. The predicted molar refractivity (Wildman–Crippen MR) is 116 cm³/mol. The molecule has 0 atom stereocenters. The lowest BCUT2D eigenvalue weighted by atomic mass is 10.1. The molecule has 0 saturated carbocycles. The summed E-state index contributed by atoms with van der Waals surface area (Å²) in [5.74, 6) is -1.29. The first-order valence-electron chi connectivity index (χ1n) is 9.66. The molecule has 0 unspecified atom stereocenters. The Morgan fingerprint density at radius 2 is 1.97 bits per heavy atom. The molecule has 1 heterocycles. The van der Waals surface area contributed by atoms with Crippen LogP contribution in [0.3, 0.4) is 0 Å². The van der Waals surface area contributed by atoms with Gasteiger partial charge in [0.25, 0.3) is 0 Å². The summed E-state index contributed by atoms with van der Waals surface area (Å²) < 4.78 is 15.5. The summed E-state index contributed by atoms with van der Waals surface area (Å²) in [5, 5.41) is 6.65. The van der Waals surface area contributed by atoms with Crippen molar-refractivity contribution in [3.63, 3.8) is 0 Å². The van der Waals surface area contributed by atoms with Crippen LogP contribution in [-0.2, 0) is 27.2 Å². The largest absolute Gasteiger partial charge is 0.497 e. The second-order valence-electron chi connectivity index (χ2n) is 6.54. The molecule has 2 aromatic rings. The number of hydrogen-bond donors (Lipinski definition) is 2. The van der Waals surface area contributed by atoms with E-state index in [1.807, 2.05) is 0 Å². The molecule has 2 N–H and O–H groups in total. The fourth-order valence-electron chi connectivity index (χ4n) is 3.22. The maximum atomic E-state index is 12.4. The molecule has 0 spiro atoms. The lowest BCUT2D eigenvalue weighted by molar-refractivity contribution is -0.136. The maximum Gasteiger partial charge on any atom is 0.341 e. The number of carbonyl (C=O) groups is 3. The Morgan fingerprint density at radius 3 is 2.68 bits per heavy atom. The van der Waals surface area contributed by atoms with Crippen LogP contribution in [0.1, 0.15) is 39.7 Å². The van der Waals surface area contributed by atoms with Crippen molar-refractivity contribution in [2.75, 3.05) is 26.1 Å². The van der Waals surface area contributed by atoms with Crippen LogP contribution in [0.2, 0.25) is 0 Å². The molecule has 3 rings (SSSR count). The van der Waals surface area contributed by atoms with Gasteiger partial charge in [-0.1, -0.05) is 0 Å². The maximum absolute atomic E-state index is 12.4. The summed E-state index contributed by atoms with van der Waals surface area (Å²) in [4.78, 5) is 37.9. The van der Waals surface area contributed by atoms with E-state index in [9.17, 15) is 14.4 Å². The normalized spacial score (nSPS) is 12.4. The number of nitrogens with zero attached hydrogens (tertiary/aromatic N) is 1. The van der Waals surface area contributed by atoms with Gasteiger partial charge in [-0.15, -0.1) is 11.3 Å². The van der Waals surface area contributed by atoms with Gasteiger partial charge in [0.1, 0.15) is 16.5 Å². The summed E-state index contributed by atoms with van der Waals surface area (Å²) in [6.45, 7) is 1.94. The van der Waals surface area contributed by atoms with E-state index in [0.717, 1.165) is 29.7 Å². The number of nitrogens with one attached hydrogen (secondary N) is 2. The third-order valence-corrected chi connectivity index (χ3v) is 5.85. The molecule has 0 radical (unpaired) electrons. The number of aryl methyl sites for hydroxylation is 1. The Kier molecular flexibility index (Phi) is 7.24. The Labute approximate surface area is 183 Å². The van der Waals surface area contributed by atoms with Crippen molar-refractivity contribution in [3.8, 4) is 11.5 Å². The van der Waals surface area contributed by atoms with Crippen LogP contribution in [0.15, 0.2) is 23.3 Å². The van der Waals surface area contributed by atoms with Gasteiger partial charge in [-0.3, -0.25) is 9.59 Å². The van der Waals surface area contributed by atoms with E-state index in [1.165, 1.54) is 31.8 Å². The van der Waals surface area contributed by atoms with Crippen LogP contribution >= 0.6 is 11.3 Å². The minimum Gasteiger partial charge on any atom is -0.497 e. The smallest absolute Gasteiger partial charge is 0.341 e. The van der Waals surface area contributed by atoms with E-state index >= 15 is 0 Å². The summed E-state index contributed by atoms with van der Waals surface area (Å²) in [7, 11) is 3.03. The number of fused-ring (bicyclic) bond motifs is 1. The van der Waals surface area contributed by atoms with Crippen LogP contribution < -0.4 is 20.2 Å². The number of benzene rings is 1. The van der Waals surface area contributed by atoms with Crippen LogP contribution in [-0.4, -0.2) is 44.8 Å². The highest BCUT2D eigenvalue weighted by molar-refractivity contribution is 7.17. The van der Waals surface area contributed by atoms with E-state index < -0.39 is 17.8 Å². The zero-order valence-corrected chi connectivity index (χ0v) is 18.3. The average Bonchev–Trinajstić information content (AvgIpc) is 3.34. The van der Waals surface area contributed by atoms with Crippen molar-refractivity contribution in [3.05, 3.63) is 39.8 Å². The third kappa shape index (κ3) is 5.02. The highest BCUT2D eigenvalue weighted by atomic mass is 32.1. The lowest BCUT2D eigenvalue weighted by Crippen LogP contribution is -2.32. The summed E-state index contributed by atoms with van der Waals surface area (Å²) >= 11 is 1.30. The van der Waals surface area contributed by atoms with Gasteiger partial charge in [0.15, 0.2) is 0 Å². The second-order valence-corrected chi connectivity index (χ2v) is 7.65.